The third-order valence-electron chi connectivity index (χ3n) is 6.76. The van der Waals surface area contributed by atoms with Gasteiger partial charge in [-0.1, -0.05) is 72.8 Å². The fraction of sp³-hybridized carbons (Fsp3) is 0.176. The van der Waals surface area contributed by atoms with E-state index >= 15 is 0 Å². The van der Waals surface area contributed by atoms with Crippen molar-refractivity contribution >= 4 is 22.0 Å². The van der Waals surface area contributed by atoms with Gasteiger partial charge in [0.1, 0.15) is 33.5 Å². The van der Waals surface area contributed by atoms with Crippen LogP contribution in [0.4, 0.5) is 0 Å². The van der Waals surface area contributed by atoms with Gasteiger partial charge in [0.25, 0.3) is 0 Å². The van der Waals surface area contributed by atoms with Crippen molar-refractivity contribution in [2.45, 2.75) is 10.5 Å². The summed E-state index contributed by atoms with van der Waals surface area (Å²) in [6.07, 6.45) is 7.11. The molecule has 2 atom stereocenters. The smallest absolute Gasteiger partial charge is 0.171 e. The zero-order chi connectivity index (χ0) is 29.2. The van der Waals surface area contributed by atoms with E-state index in [1.54, 1.807) is 89.1 Å². The van der Waals surface area contributed by atoms with E-state index in [-0.39, 0.29) is 0 Å². The molecule has 2 unspecified atom stereocenters. The zero-order valence-electron chi connectivity index (χ0n) is 23.6. The second-order valence-corrected chi connectivity index (χ2v) is 11.4. The van der Waals surface area contributed by atoms with Gasteiger partial charge >= 0.3 is 0 Å². The molecule has 0 aliphatic heterocycles. The van der Waals surface area contributed by atoms with Crippen LogP contribution in [0.1, 0.15) is 32.8 Å². The number of methoxy groups -OCH3 is 4. The summed E-state index contributed by atoms with van der Waals surface area (Å²) in [6, 6.07) is 29.2. The van der Waals surface area contributed by atoms with Crippen molar-refractivity contribution in [3.8, 4) is 23.0 Å². The van der Waals surface area contributed by atoms with Gasteiger partial charge in [0.05, 0.1) is 28.4 Å². The highest BCUT2D eigenvalue weighted by Gasteiger charge is 2.33. The predicted octanol–water partition coefficient (Wildman–Crippen LogP) is 7.35. The Balaban J connectivity index is 1.80. The van der Waals surface area contributed by atoms with Gasteiger partial charge < -0.3 is 18.9 Å². The Bertz CT molecular complexity index is 1440. The highest BCUT2D eigenvalue weighted by molar-refractivity contribution is 7.92. The number of hydrogen-bond acceptors (Lipinski definition) is 6. The van der Waals surface area contributed by atoms with Gasteiger partial charge in [-0.05, 0) is 70.8 Å². The van der Waals surface area contributed by atoms with Gasteiger partial charge in [-0.15, -0.1) is 0 Å². The molecule has 0 amide bonds. The lowest BCUT2D eigenvalue weighted by Gasteiger charge is -2.22. The van der Waals surface area contributed by atoms with Crippen LogP contribution in [0.3, 0.4) is 0 Å². The largest absolute Gasteiger partial charge is 0.497 e. The third kappa shape index (κ3) is 7.38. The average molecular weight is 571 g/mol. The van der Waals surface area contributed by atoms with E-state index in [0.717, 1.165) is 22.6 Å². The Labute approximate surface area is 242 Å². The van der Waals surface area contributed by atoms with Crippen molar-refractivity contribution in [1.29, 1.82) is 0 Å². The summed E-state index contributed by atoms with van der Waals surface area (Å²) < 4.78 is 50.3. The molecule has 0 N–H and O–H groups in total. The molecule has 0 aliphatic carbocycles. The molecule has 7 heteroatoms. The monoisotopic (exact) mass is 570 g/mol. The van der Waals surface area contributed by atoms with Crippen LogP contribution in [-0.4, -0.2) is 36.9 Å². The van der Waals surface area contributed by atoms with Gasteiger partial charge in [-0.25, -0.2) is 8.42 Å². The molecule has 0 aromatic heterocycles. The van der Waals surface area contributed by atoms with E-state index in [2.05, 4.69) is 0 Å². The molecule has 0 heterocycles. The van der Waals surface area contributed by atoms with Crippen LogP contribution in [0.25, 0.3) is 12.2 Å². The van der Waals surface area contributed by atoms with Gasteiger partial charge in [-0.2, -0.15) is 0 Å². The fourth-order valence-corrected chi connectivity index (χ4v) is 6.38. The van der Waals surface area contributed by atoms with E-state index in [4.69, 9.17) is 18.9 Å². The lowest BCUT2D eigenvalue weighted by molar-refractivity contribution is 0.414. The molecular weight excluding hydrogens is 536 g/mol. The van der Waals surface area contributed by atoms with Crippen LogP contribution < -0.4 is 18.9 Å². The van der Waals surface area contributed by atoms with E-state index in [9.17, 15) is 8.42 Å². The second kappa shape index (κ2) is 13.7. The first-order valence-corrected chi connectivity index (χ1v) is 14.6. The summed E-state index contributed by atoms with van der Waals surface area (Å²) in [7, 11) is 2.49. The Morgan fingerprint density at radius 3 is 1.00 bits per heavy atom. The fourth-order valence-electron chi connectivity index (χ4n) is 4.39. The molecular formula is C34H34O6S. The van der Waals surface area contributed by atoms with E-state index in [0.29, 0.717) is 22.6 Å². The van der Waals surface area contributed by atoms with Crippen LogP contribution >= 0.6 is 0 Å². The summed E-state index contributed by atoms with van der Waals surface area (Å²) in [5.41, 5.74) is 2.97. The predicted molar refractivity (Wildman–Crippen MR) is 164 cm³/mol. The standard InChI is InChI=1S/C34H34O6S/c1-37-29-15-5-25(6-16-29)9-23-33(27-11-19-31(39-3)20-12-27)41(35,36)34(28-13-21-32(40-4)22-14-28)24-10-26-7-17-30(38-2)18-8-26/h5-24,33-34H,1-4H3. The maximum Gasteiger partial charge on any atom is 0.171 e. The maximum atomic E-state index is 14.6. The molecule has 0 radical (unpaired) electrons. The minimum atomic E-state index is -3.88. The van der Waals surface area contributed by atoms with Gasteiger partial charge in [0.15, 0.2) is 9.84 Å². The highest BCUT2D eigenvalue weighted by Crippen LogP contribution is 2.38. The molecule has 4 aromatic carbocycles. The molecule has 212 valence electrons. The highest BCUT2D eigenvalue weighted by atomic mass is 32.2. The molecule has 0 saturated carbocycles. The molecule has 4 aromatic rings. The van der Waals surface area contributed by atoms with Gasteiger partial charge in [0.2, 0.25) is 0 Å². The van der Waals surface area contributed by atoms with Crippen LogP contribution in [-0.2, 0) is 9.84 Å². The average Bonchev–Trinajstić information content (AvgIpc) is 3.02. The second-order valence-electron chi connectivity index (χ2n) is 9.24. The van der Waals surface area contributed by atoms with Crippen molar-refractivity contribution in [2.24, 2.45) is 0 Å². The van der Waals surface area contributed by atoms with E-state index in [1.807, 2.05) is 60.7 Å². The number of ether oxygens (including phenoxy) is 4. The molecule has 0 fully saturated rings. The van der Waals surface area contributed by atoms with Gasteiger partial charge in [0, 0.05) is 0 Å². The van der Waals surface area contributed by atoms with Crippen molar-refractivity contribution in [3.05, 3.63) is 131 Å². The maximum absolute atomic E-state index is 14.6. The molecule has 4 rings (SSSR count). The van der Waals surface area contributed by atoms with Crippen molar-refractivity contribution in [2.75, 3.05) is 28.4 Å². The first-order valence-electron chi connectivity index (χ1n) is 13.0. The van der Waals surface area contributed by atoms with E-state index in [1.165, 1.54) is 0 Å². The molecule has 0 spiro atoms. The van der Waals surface area contributed by atoms with Crippen LogP contribution in [0.5, 0.6) is 23.0 Å². The Hall–Kier alpha value is -4.49. The lowest BCUT2D eigenvalue weighted by Crippen LogP contribution is -2.19. The molecule has 0 aliphatic rings. The summed E-state index contributed by atoms with van der Waals surface area (Å²) in [4.78, 5) is 0. The molecule has 41 heavy (non-hydrogen) atoms. The number of hydrogen-bond donors (Lipinski definition) is 0. The van der Waals surface area contributed by atoms with E-state index < -0.39 is 20.3 Å². The van der Waals surface area contributed by atoms with Crippen LogP contribution in [0, 0.1) is 0 Å². The third-order valence-corrected chi connectivity index (χ3v) is 9.03. The molecule has 0 saturated heterocycles. The topological polar surface area (TPSA) is 71.1 Å². The van der Waals surface area contributed by atoms with Crippen molar-refractivity contribution in [3.63, 3.8) is 0 Å². The summed E-state index contributed by atoms with van der Waals surface area (Å²) in [5, 5.41) is -1.88. The first-order chi connectivity index (χ1) is 19.9. The van der Waals surface area contributed by atoms with Gasteiger partial charge in [-0.3, -0.25) is 0 Å². The van der Waals surface area contributed by atoms with Crippen molar-refractivity contribution in [1.82, 2.24) is 0 Å². The zero-order valence-corrected chi connectivity index (χ0v) is 24.4. The summed E-state index contributed by atoms with van der Waals surface area (Å²) >= 11 is 0. The van der Waals surface area contributed by atoms with Crippen LogP contribution in [0.15, 0.2) is 109 Å². The Morgan fingerprint density at radius 2 is 0.732 bits per heavy atom. The number of rotatable bonds is 12. The summed E-state index contributed by atoms with van der Waals surface area (Å²) in [5.74, 6) is 2.75. The minimum absolute atomic E-state index is 0.631. The molecule has 6 nitrogen and oxygen atoms in total. The lowest BCUT2D eigenvalue weighted by atomic mass is 10.1. The summed E-state index contributed by atoms with van der Waals surface area (Å²) in [6.45, 7) is 0. The van der Waals surface area contributed by atoms with Crippen molar-refractivity contribution < 1.29 is 27.4 Å². The minimum Gasteiger partial charge on any atom is -0.497 e. The Morgan fingerprint density at radius 1 is 0.463 bits per heavy atom. The van der Waals surface area contributed by atoms with Crippen LogP contribution in [0.2, 0.25) is 0 Å². The normalized spacial score (nSPS) is 13.2. The SMILES string of the molecule is COc1ccc(C=CC(c2ccc(OC)cc2)S(=O)(=O)C(C=Cc2ccc(OC)cc2)c2ccc(OC)cc2)cc1. The number of sulfone groups is 1. The Kier molecular flexibility index (Phi) is 9.87. The number of benzene rings is 4. The quantitative estimate of drug-likeness (QED) is 0.177. The first kappa shape index (κ1) is 29.5. The molecule has 0 bridgehead atoms.